The molecule has 9 heavy (non-hydrogen) atoms. The lowest BCUT2D eigenvalue weighted by atomic mass is 9.98. The molecule has 0 spiro atoms. The van der Waals surface area contributed by atoms with Crippen LogP contribution in [0.2, 0.25) is 5.02 Å². The van der Waals surface area contributed by atoms with Crippen molar-refractivity contribution in [1.82, 2.24) is 0 Å². The van der Waals surface area contributed by atoms with E-state index in [2.05, 4.69) is 12.2 Å². The largest absolute Gasteiger partial charge is 0.0843 e. The summed E-state index contributed by atoms with van der Waals surface area (Å²) in [4.78, 5) is 0. The highest BCUT2D eigenvalue weighted by Crippen LogP contribution is 2.25. The Morgan fingerprint density at radius 1 is 1.00 bits per heavy atom. The number of fused-ring (bicyclic) bond motifs is 1. The summed E-state index contributed by atoms with van der Waals surface area (Å²) >= 11 is 5.72. The van der Waals surface area contributed by atoms with Gasteiger partial charge in [0.05, 0.1) is 0 Å². The molecule has 0 fully saturated rings. The Kier molecular flexibility index (Phi) is 0.908. The Morgan fingerprint density at radius 2 is 1.78 bits per heavy atom. The Bertz CT molecular complexity index is 274. The predicted molar refractivity (Wildman–Crippen MR) is 40.4 cm³/mol. The molecule has 0 radical (unpaired) electrons. The average molecular weight is 137 g/mol. The lowest BCUT2D eigenvalue weighted by molar-refractivity contribution is 1.58. The molecule has 0 bridgehead atoms. The molecule has 0 unspecified atom stereocenters. The molecular weight excluding hydrogens is 132 g/mol. The van der Waals surface area contributed by atoms with E-state index in [-0.39, 0.29) is 0 Å². The molecule has 1 aromatic carbocycles. The van der Waals surface area contributed by atoms with Crippen LogP contribution in [0.4, 0.5) is 0 Å². The van der Waals surface area contributed by atoms with Crippen LogP contribution < -0.4 is 0 Å². The van der Waals surface area contributed by atoms with Gasteiger partial charge in [-0.15, -0.1) is 0 Å². The van der Waals surface area contributed by atoms with Crippen molar-refractivity contribution < 1.29 is 0 Å². The monoisotopic (exact) mass is 136 g/mol. The van der Waals surface area contributed by atoms with Gasteiger partial charge in [0.25, 0.3) is 0 Å². The summed E-state index contributed by atoms with van der Waals surface area (Å²) in [5.41, 5.74) is 2.54. The van der Waals surface area contributed by atoms with E-state index < -0.39 is 0 Å². The molecule has 1 aliphatic rings. The first kappa shape index (κ1) is 5.07. The van der Waals surface area contributed by atoms with Crippen molar-refractivity contribution in [2.75, 3.05) is 0 Å². The van der Waals surface area contributed by atoms with Crippen molar-refractivity contribution in [3.63, 3.8) is 0 Å². The van der Waals surface area contributed by atoms with E-state index in [4.69, 9.17) is 11.6 Å². The van der Waals surface area contributed by atoms with E-state index in [1.54, 1.807) is 0 Å². The fourth-order valence-corrected chi connectivity index (χ4v) is 1.11. The molecule has 0 N–H and O–H groups in total. The summed E-state index contributed by atoms with van der Waals surface area (Å²) in [6.07, 6.45) is 4.13. The lowest BCUT2D eigenvalue weighted by Gasteiger charge is -2.08. The van der Waals surface area contributed by atoms with Crippen LogP contribution in [0.5, 0.6) is 0 Å². The van der Waals surface area contributed by atoms with E-state index >= 15 is 0 Å². The molecule has 1 aromatic rings. The summed E-state index contributed by atoms with van der Waals surface area (Å²) in [6, 6.07) is 5.90. The molecule has 2 rings (SSSR count). The van der Waals surface area contributed by atoms with Crippen molar-refractivity contribution in [3.05, 3.63) is 34.3 Å². The Balaban J connectivity index is 2.63. The van der Waals surface area contributed by atoms with Crippen LogP contribution in [0, 0.1) is 0 Å². The van der Waals surface area contributed by atoms with Crippen molar-refractivity contribution in [1.29, 1.82) is 0 Å². The maximum atomic E-state index is 5.72. The fourth-order valence-electron chi connectivity index (χ4n) is 0.925. The zero-order chi connectivity index (χ0) is 6.27. The number of hydrogen-bond acceptors (Lipinski definition) is 0. The second-order valence-corrected chi connectivity index (χ2v) is 2.54. The van der Waals surface area contributed by atoms with Gasteiger partial charge >= 0.3 is 0 Å². The van der Waals surface area contributed by atoms with Crippen molar-refractivity contribution >= 4 is 23.8 Å². The number of halogens is 1. The molecule has 0 saturated carbocycles. The normalized spacial score (nSPS) is 12.6. The van der Waals surface area contributed by atoms with Crippen LogP contribution in [0.3, 0.4) is 0 Å². The van der Waals surface area contributed by atoms with Crippen LogP contribution in [0.1, 0.15) is 11.1 Å². The zero-order valence-corrected chi connectivity index (χ0v) is 5.52. The summed E-state index contributed by atoms with van der Waals surface area (Å²) in [7, 11) is 0. The van der Waals surface area contributed by atoms with Crippen molar-refractivity contribution in [2.24, 2.45) is 0 Å². The minimum Gasteiger partial charge on any atom is -0.0843 e. The van der Waals surface area contributed by atoms with Gasteiger partial charge in [0.15, 0.2) is 0 Å². The minimum atomic E-state index is 0.818. The van der Waals surface area contributed by atoms with Crippen molar-refractivity contribution in [3.8, 4) is 0 Å². The highest BCUT2D eigenvalue weighted by molar-refractivity contribution is 6.30. The summed E-state index contributed by atoms with van der Waals surface area (Å²) in [5.74, 6) is 0. The zero-order valence-electron chi connectivity index (χ0n) is 4.76. The third kappa shape index (κ3) is 0.672. The van der Waals surface area contributed by atoms with Gasteiger partial charge in [-0.1, -0.05) is 29.8 Å². The van der Waals surface area contributed by atoms with Gasteiger partial charge in [0, 0.05) is 5.02 Å². The molecule has 0 amide bonds. The molecule has 0 heterocycles. The van der Waals surface area contributed by atoms with E-state index in [0.29, 0.717) is 0 Å². The Morgan fingerprint density at radius 3 is 2.22 bits per heavy atom. The molecular formula is C8H5Cl. The Labute approximate surface area is 58.8 Å². The SMILES string of the molecule is Clc1ccc2c(c1)C=C2. The first-order valence-electron chi connectivity index (χ1n) is 2.84. The summed E-state index contributed by atoms with van der Waals surface area (Å²) in [5, 5.41) is 0.818. The van der Waals surface area contributed by atoms with Crippen LogP contribution in [0.15, 0.2) is 18.2 Å². The van der Waals surface area contributed by atoms with E-state index in [9.17, 15) is 0 Å². The fraction of sp³-hybridized carbons (Fsp3) is 0. The van der Waals surface area contributed by atoms with Gasteiger partial charge in [-0.2, -0.15) is 0 Å². The molecule has 1 aliphatic carbocycles. The smallest absolute Gasteiger partial charge is 0.0412 e. The summed E-state index contributed by atoms with van der Waals surface area (Å²) < 4.78 is 0. The highest BCUT2D eigenvalue weighted by atomic mass is 35.5. The third-order valence-electron chi connectivity index (χ3n) is 1.49. The van der Waals surface area contributed by atoms with Crippen LogP contribution in [-0.2, 0) is 0 Å². The predicted octanol–water partition coefficient (Wildman–Crippen LogP) is 2.82. The average Bonchev–Trinajstić information content (AvgIpc) is 1.78. The molecule has 0 nitrogen and oxygen atoms in total. The Hall–Kier alpha value is -0.750. The molecule has 44 valence electrons. The van der Waals surface area contributed by atoms with Gasteiger partial charge in [0.2, 0.25) is 0 Å². The second kappa shape index (κ2) is 1.61. The van der Waals surface area contributed by atoms with Crippen LogP contribution in [0.25, 0.3) is 12.2 Å². The van der Waals surface area contributed by atoms with Gasteiger partial charge in [-0.05, 0) is 23.3 Å². The third-order valence-corrected chi connectivity index (χ3v) is 1.73. The van der Waals surface area contributed by atoms with Gasteiger partial charge in [-0.25, -0.2) is 0 Å². The van der Waals surface area contributed by atoms with E-state index in [1.165, 1.54) is 11.1 Å². The number of hydrogen-bond donors (Lipinski definition) is 0. The maximum absolute atomic E-state index is 5.72. The highest BCUT2D eigenvalue weighted by Gasteiger charge is 2.03. The molecule has 0 atom stereocenters. The summed E-state index contributed by atoms with van der Waals surface area (Å²) in [6.45, 7) is 0. The molecule has 0 aromatic heterocycles. The topological polar surface area (TPSA) is 0 Å². The molecule has 1 heteroatoms. The minimum absolute atomic E-state index is 0.818. The quantitative estimate of drug-likeness (QED) is 0.523. The second-order valence-electron chi connectivity index (χ2n) is 2.11. The number of benzene rings is 1. The maximum Gasteiger partial charge on any atom is 0.0412 e. The first-order chi connectivity index (χ1) is 4.36. The standard InChI is InChI=1S/C8H5Cl/c9-8-4-3-6-1-2-7(6)5-8/h1-5H. The molecule has 0 aliphatic heterocycles. The van der Waals surface area contributed by atoms with Crippen LogP contribution >= 0.6 is 11.6 Å². The number of rotatable bonds is 0. The van der Waals surface area contributed by atoms with Gasteiger partial charge < -0.3 is 0 Å². The van der Waals surface area contributed by atoms with E-state index in [0.717, 1.165) is 5.02 Å². The first-order valence-corrected chi connectivity index (χ1v) is 3.22. The van der Waals surface area contributed by atoms with Gasteiger partial charge in [-0.3, -0.25) is 0 Å². The van der Waals surface area contributed by atoms with E-state index in [1.807, 2.05) is 18.2 Å². The van der Waals surface area contributed by atoms with Crippen molar-refractivity contribution in [2.45, 2.75) is 0 Å². The lowest BCUT2D eigenvalue weighted by Crippen LogP contribution is -1.86. The van der Waals surface area contributed by atoms with Gasteiger partial charge in [0.1, 0.15) is 0 Å². The molecule has 0 saturated heterocycles. The van der Waals surface area contributed by atoms with Crippen LogP contribution in [-0.4, -0.2) is 0 Å².